The monoisotopic (exact) mass is 150 g/mol. The van der Waals surface area contributed by atoms with Gasteiger partial charge in [0.05, 0.1) is 0 Å². The molecule has 0 radical (unpaired) electrons. The maximum absolute atomic E-state index is 3.91. The summed E-state index contributed by atoms with van der Waals surface area (Å²) in [5.74, 6) is 0.623. The van der Waals surface area contributed by atoms with Gasteiger partial charge in [-0.25, -0.2) is 0 Å². The van der Waals surface area contributed by atoms with Gasteiger partial charge in [0.1, 0.15) is 0 Å². The van der Waals surface area contributed by atoms with Crippen LogP contribution in [-0.4, -0.2) is 0 Å². The quantitative estimate of drug-likeness (QED) is 0.423. The van der Waals surface area contributed by atoms with Gasteiger partial charge in [0, 0.05) is 0 Å². The molecular formula is C11H18. The van der Waals surface area contributed by atoms with E-state index in [-0.39, 0.29) is 0 Å². The first-order chi connectivity index (χ1) is 5.07. The maximum Gasteiger partial charge on any atom is -0.0234 e. The summed E-state index contributed by atoms with van der Waals surface area (Å²) in [6.45, 7) is 13.9. The van der Waals surface area contributed by atoms with Gasteiger partial charge in [-0.2, -0.15) is 0 Å². The van der Waals surface area contributed by atoms with Crippen LogP contribution in [0.1, 0.15) is 33.6 Å². The van der Waals surface area contributed by atoms with Crippen molar-refractivity contribution in [1.29, 1.82) is 0 Å². The van der Waals surface area contributed by atoms with E-state index in [1.165, 1.54) is 17.6 Å². The number of allylic oxidation sites excluding steroid dienone is 2. The Morgan fingerprint density at radius 1 is 1.45 bits per heavy atom. The minimum atomic E-state index is 0.623. The SMILES string of the molecule is C=C=C(C)CCC(C)C(=C)C. The van der Waals surface area contributed by atoms with Crippen LogP contribution in [0, 0.1) is 5.92 Å². The second kappa shape index (κ2) is 4.98. The third kappa shape index (κ3) is 4.64. The summed E-state index contributed by atoms with van der Waals surface area (Å²) in [4.78, 5) is 0. The lowest BCUT2D eigenvalue weighted by Crippen LogP contribution is -1.94. The molecule has 0 heteroatoms. The smallest absolute Gasteiger partial charge is 0.0234 e. The number of hydrogen-bond donors (Lipinski definition) is 0. The topological polar surface area (TPSA) is 0 Å². The number of rotatable bonds is 4. The van der Waals surface area contributed by atoms with Gasteiger partial charge in [-0.05, 0) is 38.2 Å². The van der Waals surface area contributed by atoms with Crippen LogP contribution in [0.3, 0.4) is 0 Å². The van der Waals surface area contributed by atoms with Crippen LogP contribution >= 0.6 is 0 Å². The first-order valence-electron chi connectivity index (χ1n) is 4.08. The molecule has 0 nitrogen and oxygen atoms in total. The largest absolute Gasteiger partial charge is 0.130 e. The summed E-state index contributed by atoms with van der Waals surface area (Å²) in [6, 6.07) is 0. The third-order valence-corrected chi connectivity index (χ3v) is 2.10. The molecule has 11 heavy (non-hydrogen) atoms. The van der Waals surface area contributed by atoms with Crippen LogP contribution in [0.2, 0.25) is 0 Å². The summed E-state index contributed by atoms with van der Waals surface area (Å²) >= 11 is 0. The normalized spacial score (nSPS) is 11.9. The van der Waals surface area contributed by atoms with Gasteiger partial charge in [-0.3, -0.25) is 0 Å². The minimum Gasteiger partial charge on any atom is -0.130 e. The van der Waals surface area contributed by atoms with Crippen molar-refractivity contribution in [3.63, 3.8) is 0 Å². The molecule has 0 heterocycles. The van der Waals surface area contributed by atoms with Gasteiger partial charge in [-0.1, -0.05) is 25.7 Å². The predicted molar refractivity (Wildman–Crippen MR) is 51.5 cm³/mol. The highest BCUT2D eigenvalue weighted by molar-refractivity contribution is 4.99. The Labute approximate surface area is 70.3 Å². The third-order valence-electron chi connectivity index (χ3n) is 2.10. The van der Waals surface area contributed by atoms with E-state index in [1.54, 1.807) is 0 Å². The lowest BCUT2D eigenvalue weighted by atomic mass is 9.97. The molecule has 0 aromatic rings. The Bertz CT molecular complexity index is 180. The Morgan fingerprint density at radius 2 is 2.00 bits per heavy atom. The highest BCUT2D eigenvalue weighted by atomic mass is 14.1. The molecule has 0 aliphatic carbocycles. The van der Waals surface area contributed by atoms with E-state index in [2.05, 4.69) is 39.7 Å². The van der Waals surface area contributed by atoms with Gasteiger partial charge in [0.25, 0.3) is 0 Å². The van der Waals surface area contributed by atoms with Crippen LogP contribution in [0.25, 0.3) is 0 Å². The molecule has 0 aromatic carbocycles. The Hall–Kier alpha value is -0.740. The minimum absolute atomic E-state index is 0.623. The van der Waals surface area contributed by atoms with E-state index in [4.69, 9.17) is 0 Å². The zero-order valence-electron chi connectivity index (χ0n) is 7.91. The van der Waals surface area contributed by atoms with Gasteiger partial charge < -0.3 is 0 Å². The molecule has 1 unspecified atom stereocenters. The van der Waals surface area contributed by atoms with Crippen LogP contribution in [0.5, 0.6) is 0 Å². The summed E-state index contributed by atoms with van der Waals surface area (Å²) in [5, 5.41) is 0. The summed E-state index contributed by atoms with van der Waals surface area (Å²) in [7, 11) is 0. The van der Waals surface area contributed by atoms with Gasteiger partial charge in [-0.15, -0.1) is 5.73 Å². The van der Waals surface area contributed by atoms with Crippen LogP contribution in [-0.2, 0) is 0 Å². The molecule has 62 valence electrons. The zero-order chi connectivity index (χ0) is 8.85. The highest BCUT2D eigenvalue weighted by Crippen LogP contribution is 2.16. The van der Waals surface area contributed by atoms with E-state index >= 15 is 0 Å². The molecule has 0 saturated heterocycles. The molecule has 0 aromatic heterocycles. The van der Waals surface area contributed by atoms with Crippen molar-refractivity contribution in [2.24, 2.45) is 5.92 Å². The molecule has 0 aliphatic rings. The Kier molecular flexibility index (Phi) is 4.65. The second-order valence-corrected chi connectivity index (χ2v) is 3.24. The average molecular weight is 150 g/mol. The lowest BCUT2D eigenvalue weighted by molar-refractivity contribution is 0.613. The fourth-order valence-corrected chi connectivity index (χ4v) is 0.768. The fourth-order valence-electron chi connectivity index (χ4n) is 0.768. The van der Waals surface area contributed by atoms with E-state index in [9.17, 15) is 0 Å². The molecule has 0 aliphatic heterocycles. The molecule has 0 N–H and O–H groups in total. The van der Waals surface area contributed by atoms with Crippen molar-refractivity contribution in [3.8, 4) is 0 Å². The Balaban J connectivity index is 3.71. The van der Waals surface area contributed by atoms with Gasteiger partial charge >= 0.3 is 0 Å². The molecule has 0 saturated carbocycles. The van der Waals surface area contributed by atoms with E-state index in [0.717, 1.165) is 6.42 Å². The first-order valence-corrected chi connectivity index (χ1v) is 4.08. The van der Waals surface area contributed by atoms with Crippen molar-refractivity contribution in [2.45, 2.75) is 33.6 Å². The lowest BCUT2D eigenvalue weighted by Gasteiger charge is -2.09. The van der Waals surface area contributed by atoms with Gasteiger partial charge in [0.15, 0.2) is 0 Å². The fraction of sp³-hybridized carbons (Fsp3) is 0.545. The molecule has 0 rings (SSSR count). The molecule has 0 bridgehead atoms. The van der Waals surface area contributed by atoms with Crippen LogP contribution < -0.4 is 0 Å². The zero-order valence-corrected chi connectivity index (χ0v) is 7.91. The summed E-state index contributed by atoms with van der Waals surface area (Å²) < 4.78 is 0. The van der Waals surface area contributed by atoms with Crippen LogP contribution in [0.4, 0.5) is 0 Å². The maximum atomic E-state index is 3.91. The molecular weight excluding hydrogens is 132 g/mol. The van der Waals surface area contributed by atoms with Crippen molar-refractivity contribution in [3.05, 3.63) is 30.0 Å². The second-order valence-electron chi connectivity index (χ2n) is 3.24. The van der Waals surface area contributed by atoms with Crippen molar-refractivity contribution < 1.29 is 0 Å². The molecule has 1 atom stereocenters. The first kappa shape index (κ1) is 10.3. The van der Waals surface area contributed by atoms with Gasteiger partial charge in [0.2, 0.25) is 0 Å². The standard InChI is InChI=1S/C11H18/c1-6-10(4)7-8-11(5)9(2)3/h11H,1-2,7-8H2,3-5H3. The Morgan fingerprint density at radius 3 is 2.36 bits per heavy atom. The highest BCUT2D eigenvalue weighted by Gasteiger charge is 2.01. The van der Waals surface area contributed by atoms with E-state index in [0.29, 0.717) is 5.92 Å². The summed E-state index contributed by atoms with van der Waals surface area (Å²) in [6.07, 6.45) is 2.27. The molecule has 0 spiro atoms. The predicted octanol–water partition coefficient (Wildman–Crippen LogP) is 3.71. The van der Waals surface area contributed by atoms with Crippen molar-refractivity contribution in [2.75, 3.05) is 0 Å². The number of hydrogen-bond acceptors (Lipinski definition) is 0. The molecule has 0 amide bonds. The summed E-state index contributed by atoms with van der Waals surface area (Å²) in [5.41, 5.74) is 5.41. The average Bonchev–Trinajstić information content (AvgIpc) is 1.99. The van der Waals surface area contributed by atoms with E-state index in [1.807, 2.05) is 0 Å². The van der Waals surface area contributed by atoms with Crippen LogP contribution in [0.15, 0.2) is 30.0 Å². The molecule has 0 fully saturated rings. The van der Waals surface area contributed by atoms with Crippen molar-refractivity contribution >= 4 is 0 Å². The van der Waals surface area contributed by atoms with E-state index < -0.39 is 0 Å². The van der Waals surface area contributed by atoms with Crippen molar-refractivity contribution in [1.82, 2.24) is 0 Å².